The van der Waals surface area contributed by atoms with Gasteiger partial charge in [-0.2, -0.15) is 0 Å². The van der Waals surface area contributed by atoms with Gasteiger partial charge in [-0.15, -0.1) is 0 Å². The summed E-state index contributed by atoms with van der Waals surface area (Å²) in [5, 5.41) is 23.4. The van der Waals surface area contributed by atoms with E-state index in [2.05, 4.69) is 53.7 Å². The summed E-state index contributed by atoms with van der Waals surface area (Å²) in [5.74, 6) is 1.03. The van der Waals surface area contributed by atoms with Gasteiger partial charge in [0.15, 0.2) is 0 Å². The van der Waals surface area contributed by atoms with Gasteiger partial charge in [-0.25, -0.2) is 0 Å². The van der Waals surface area contributed by atoms with Gasteiger partial charge in [0, 0.05) is 5.41 Å². The maximum Gasteiger partial charge on any atom is 0.122 e. The Morgan fingerprint density at radius 1 is 0.275 bits per heavy atom. The van der Waals surface area contributed by atoms with Crippen LogP contribution in [0.2, 0.25) is 0 Å². The summed E-state index contributed by atoms with van der Waals surface area (Å²) in [6, 6.07) is 8.19. The third-order valence-corrected chi connectivity index (χ3v) is 16.2. The minimum atomic E-state index is -0.237. The molecule has 0 aliphatic rings. The molecular formula is C67H120O2. The van der Waals surface area contributed by atoms with E-state index >= 15 is 0 Å². The van der Waals surface area contributed by atoms with Gasteiger partial charge in [0.05, 0.1) is 0 Å². The highest BCUT2D eigenvalue weighted by molar-refractivity contribution is 5.60. The van der Waals surface area contributed by atoms with Crippen molar-refractivity contribution < 1.29 is 10.2 Å². The van der Waals surface area contributed by atoms with Crippen molar-refractivity contribution in [2.45, 2.75) is 355 Å². The van der Waals surface area contributed by atoms with Gasteiger partial charge in [0.1, 0.15) is 11.5 Å². The maximum absolute atomic E-state index is 12.9. The Labute approximate surface area is 432 Å². The highest BCUT2D eigenvalue weighted by Crippen LogP contribution is 2.45. The van der Waals surface area contributed by atoms with Gasteiger partial charge in [0.2, 0.25) is 0 Å². The average molecular weight is 958 g/mol. The molecule has 0 bridgehead atoms. The second kappa shape index (κ2) is 43.6. The zero-order valence-corrected chi connectivity index (χ0v) is 47.6. The second-order valence-corrected chi connectivity index (χ2v) is 23.0. The molecule has 2 rings (SSSR count). The Morgan fingerprint density at radius 2 is 0.478 bits per heavy atom. The molecule has 0 amide bonds. The molecule has 0 atom stereocenters. The highest BCUT2D eigenvalue weighted by atomic mass is 16.3. The van der Waals surface area contributed by atoms with E-state index in [9.17, 15) is 10.2 Å². The van der Waals surface area contributed by atoms with Gasteiger partial charge in [-0.3, -0.25) is 0 Å². The van der Waals surface area contributed by atoms with Crippen LogP contribution in [0.25, 0.3) is 0 Å². The summed E-state index contributed by atoms with van der Waals surface area (Å²) in [4.78, 5) is 0. The molecule has 0 aliphatic heterocycles. The maximum atomic E-state index is 12.9. The number of hydrogen-bond donors (Lipinski definition) is 2. The summed E-state index contributed by atoms with van der Waals surface area (Å²) >= 11 is 0. The number of phenols is 2. The van der Waals surface area contributed by atoms with Gasteiger partial charge in [-0.1, -0.05) is 311 Å². The summed E-state index contributed by atoms with van der Waals surface area (Å²) in [5.41, 5.74) is 8.19. The number of benzene rings is 2. The smallest absolute Gasteiger partial charge is 0.122 e. The Morgan fingerprint density at radius 3 is 0.710 bits per heavy atom. The van der Waals surface area contributed by atoms with Crippen LogP contribution in [0, 0.1) is 0 Å². The van der Waals surface area contributed by atoms with Crippen LogP contribution in [0.3, 0.4) is 0 Å². The quantitative estimate of drug-likeness (QED) is 0.0649. The van der Waals surface area contributed by atoms with Crippen LogP contribution >= 0.6 is 0 Å². The molecule has 2 N–H and O–H groups in total. The number of hydrogen-bond acceptors (Lipinski definition) is 2. The lowest BCUT2D eigenvalue weighted by Gasteiger charge is -2.35. The Hall–Kier alpha value is -1.96. The van der Waals surface area contributed by atoms with Crippen molar-refractivity contribution in [1.82, 2.24) is 0 Å². The van der Waals surface area contributed by atoms with E-state index < -0.39 is 0 Å². The fraction of sp³-hybridized carbons (Fsp3) is 0.821. The van der Waals surface area contributed by atoms with Gasteiger partial charge >= 0.3 is 0 Å². The van der Waals surface area contributed by atoms with E-state index in [1.54, 1.807) is 5.56 Å². The molecule has 0 aliphatic carbocycles. The van der Waals surface area contributed by atoms with Crippen LogP contribution < -0.4 is 0 Å². The Kier molecular flexibility index (Phi) is 39.9. The van der Waals surface area contributed by atoms with Crippen LogP contribution in [-0.2, 0) is 31.1 Å². The number of aromatic hydroxyl groups is 2. The summed E-state index contributed by atoms with van der Waals surface area (Å²) in [6.07, 6.45) is 63.6. The van der Waals surface area contributed by atoms with Gasteiger partial charge < -0.3 is 10.2 Å². The normalized spacial score (nSPS) is 11.9. The number of phenolic OH excluding ortho intramolecular Hbond substituents is 2. The average Bonchev–Trinajstić information content (AvgIpc) is 3.34. The van der Waals surface area contributed by atoms with E-state index in [4.69, 9.17) is 0 Å². The van der Waals surface area contributed by atoms with Crippen molar-refractivity contribution in [1.29, 1.82) is 0 Å². The predicted molar refractivity (Wildman–Crippen MR) is 309 cm³/mol. The van der Waals surface area contributed by atoms with Crippen LogP contribution in [0.5, 0.6) is 11.5 Å². The molecule has 0 heterocycles. The van der Waals surface area contributed by atoms with Crippen LogP contribution in [0.4, 0.5) is 0 Å². The summed E-state index contributed by atoms with van der Waals surface area (Å²) in [6.45, 7) is 14.2. The highest BCUT2D eigenvalue weighted by Gasteiger charge is 2.33. The molecule has 2 heteroatoms. The molecule has 0 unspecified atom stereocenters. The van der Waals surface area contributed by atoms with Crippen molar-refractivity contribution in [3.05, 3.63) is 57.6 Å². The number of unbranched alkanes of at least 4 members (excludes halogenated alkanes) is 40. The van der Waals surface area contributed by atoms with Crippen LogP contribution in [0.1, 0.15) is 357 Å². The molecule has 0 fully saturated rings. The van der Waals surface area contributed by atoms with Crippen molar-refractivity contribution in [3.8, 4) is 11.5 Å². The third kappa shape index (κ3) is 29.4. The molecule has 400 valence electrons. The molecule has 0 aromatic heterocycles. The van der Waals surface area contributed by atoms with Crippen molar-refractivity contribution in [2.24, 2.45) is 0 Å². The predicted octanol–water partition coefficient (Wildman–Crippen LogP) is 22.8. The first-order valence-electron chi connectivity index (χ1n) is 31.5. The first-order valence-corrected chi connectivity index (χ1v) is 31.5. The lowest BCUT2D eigenvalue weighted by molar-refractivity contribution is 0.450. The zero-order valence-electron chi connectivity index (χ0n) is 47.6. The minimum absolute atomic E-state index is 0.237. The lowest BCUT2D eigenvalue weighted by Crippen LogP contribution is -2.26. The second-order valence-electron chi connectivity index (χ2n) is 23.0. The van der Waals surface area contributed by atoms with Crippen LogP contribution in [-0.4, -0.2) is 10.2 Å². The van der Waals surface area contributed by atoms with E-state index in [1.807, 2.05) is 12.1 Å². The van der Waals surface area contributed by atoms with Crippen LogP contribution in [0.15, 0.2) is 24.3 Å². The van der Waals surface area contributed by atoms with Crippen molar-refractivity contribution >= 4 is 0 Å². The number of rotatable bonds is 50. The molecule has 2 aromatic carbocycles. The first kappa shape index (κ1) is 63.2. The van der Waals surface area contributed by atoms with Crippen molar-refractivity contribution in [3.63, 3.8) is 0 Å². The molecule has 2 aromatic rings. The zero-order chi connectivity index (χ0) is 49.9. The SMILES string of the molecule is CCCCCCCCCCCCCc1c(O)c(CCCCCCCCCCCCC)c(CCCCCCCCCCCCC)c(C(C)(C)c2ccc(O)cc2)c1CCCCCCCCCCCCC. The molecule has 2 nitrogen and oxygen atoms in total. The lowest BCUT2D eigenvalue weighted by atomic mass is 9.69. The van der Waals surface area contributed by atoms with E-state index in [-0.39, 0.29) is 5.41 Å². The van der Waals surface area contributed by atoms with E-state index in [1.165, 1.54) is 310 Å². The monoisotopic (exact) mass is 957 g/mol. The molecule has 0 radical (unpaired) electrons. The third-order valence-electron chi connectivity index (χ3n) is 16.2. The molecule has 69 heavy (non-hydrogen) atoms. The minimum Gasteiger partial charge on any atom is -0.508 e. The summed E-state index contributed by atoms with van der Waals surface area (Å²) < 4.78 is 0. The van der Waals surface area contributed by atoms with Gasteiger partial charge in [-0.05, 0) is 96.9 Å². The standard InChI is InChI=1S/C67H120O2/c1-7-11-15-19-23-27-31-35-39-43-47-51-61-63(53-49-45-41-37-33-29-25-21-17-13-9-3)66(69)64(54-50-46-42-38-34-30-26-22-18-14-10-4)62(52-48-44-40-36-32-28-24-20-16-12-8-2)65(61)67(5,6)59-55-57-60(68)58-56-59/h55-58,68-69H,7-54H2,1-6H3. The Bertz CT molecular complexity index is 1360. The van der Waals surface area contributed by atoms with E-state index in [0.717, 1.165) is 25.7 Å². The topological polar surface area (TPSA) is 40.5 Å². The van der Waals surface area contributed by atoms with Gasteiger partial charge in [0.25, 0.3) is 0 Å². The van der Waals surface area contributed by atoms with E-state index in [0.29, 0.717) is 11.5 Å². The fourth-order valence-corrected chi connectivity index (χ4v) is 11.7. The molecular weight excluding hydrogens is 837 g/mol. The molecule has 0 spiro atoms. The molecule has 0 saturated heterocycles. The fourth-order valence-electron chi connectivity index (χ4n) is 11.7. The molecule has 0 saturated carbocycles. The Balaban J connectivity index is 2.44. The summed E-state index contributed by atoms with van der Waals surface area (Å²) in [7, 11) is 0. The largest absolute Gasteiger partial charge is 0.508 e. The van der Waals surface area contributed by atoms with Crippen molar-refractivity contribution in [2.75, 3.05) is 0 Å². The first-order chi connectivity index (χ1) is 33.8.